The van der Waals surface area contributed by atoms with Crippen molar-refractivity contribution in [2.24, 2.45) is 4.99 Å². The molecule has 0 spiro atoms. The van der Waals surface area contributed by atoms with Crippen molar-refractivity contribution in [3.05, 3.63) is 60.2 Å². The zero-order valence-electron chi connectivity index (χ0n) is 17.3. The van der Waals surface area contributed by atoms with Crippen molar-refractivity contribution in [3.8, 4) is 12.3 Å². The van der Waals surface area contributed by atoms with Crippen LogP contribution in [0.2, 0.25) is 0 Å². The number of nitrogens with one attached hydrogen (secondary N) is 3. The lowest BCUT2D eigenvalue weighted by atomic mass is 10.2. The van der Waals surface area contributed by atoms with Crippen LogP contribution in [0, 0.1) is 12.3 Å². The zero-order valence-corrected chi connectivity index (χ0v) is 19.6. The number of terminal acetylenes is 1. The van der Waals surface area contributed by atoms with Crippen LogP contribution in [0.1, 0.15) is 18.9 Å². The van der Waals surface area contributed by atoms with Gasteiger partial charge in [-0.3, -0.25) is 9.59 Å². The molecule has 2 aromatic rings. The molecule has 3 N–H and O–H groups in total. The Kier molecular flexibility index (Phi) is 9.34. The van der Waals surface area contributed by atoms with E-state index in [1.54, 1.807) is 29.2 Å². The van der Waals surface area contributed by atoms with Crippen LogP contribution in [-0.4, -0.2) is 43.5 Å². The van der Waals surface area contributed by atoms with E-state index in [4.69, 9.17) is 6.42 Å². The molecule has 1 fully saturated rings. The van der Waals surface area contributed by atoms with Crippen LogP contribution in [0.4, 0.5) is 11.4 Å². The fourth-order valence-corrected chi connectivity index (χ4v) is 3.21. The summed E-state index contributed by atoms with van der Waals surface area (Å²) in [6.07, 6.45) is 5.75. The summed E-state index contributed by atoms with van der Waals surface area (Å²) < 4.78 is 0. The molecule has 0 aromatic heterocycles. The van der Waals surface area contributed by atoms with Gasteiger partial charge < -0.3 is 20.9 Å². The van der Waals surface area contributed by atoms with Crippen LogP contribution < -0.4 is 20.9 Å². The summed E-state index contributed by atoms with van der Waals surface area (Å²) in [5.74, 6) is 2.84. The highest BCUT2D eigenvalue weighted by Crippen LogP contribution is 2.20. The molecular weight excluding hydrogens is 505 g/mol. The first-order valence-electron chi connectivity index (χ1n) is 9.86. The molecule has 8 heteroatoms. The summed E-state index contributed by atoms with van der Waals surface area (Å²) in [6, 6.07) is 16.6. The molecule has 3 rings (SSSR count). The molecule has 162 valence electrons. The van der Waals surface area contributed by atoms with Crippen molar-refractivity contribution < 1.29 is 9.59 Å². The van der Waals surface area contributed by atoms with E-state index in [0.717, 1.165) is 5.69 Å². The van der Waals surface area contributed by atoms with Gasteiger partial charge in [-0.15, -0.1) is 30.4 Å². The number of anilines is 2. The van der Waals surface area contributed by atoms with Gasteiger partial charge in [0.05, 0.1) is 6.04 Å². The Bertz CT molecular complexity index is 971. The summed E-state index contributed by atoms with van der Waals surface area (Å²) in [7, 11) is 0. The molecule has 1 unspecified atom stereocenters. The number of para-hydroxylation sites is 1. The van der Waals surface area contributed by atoms with Crippen molar-refractivity contribution in [3.63, 3.8) is 0 Å². The summed E-state index contributed by atoms with van der Waals surface area (Å²) in [4.78, 5) is 30.8. The third-order valence-electron chi connectivity index (χ3n) is 4.57. The summed E-state index contributed by atoms with van der Waals surface area (Å²) in [6.45, 7) is 3.07. The van der Waals surface area contributed by atoms with Crippen molar-refractivity contribution >= 4 is 53.1 Å². The first-order valence-corrected chi connectivity index (χ1v) is 9.86. The third-order valence-corrected chi connectivity index (χ3v) is 4.57. The standard InChI is InChI=1S/C23H25N5O2.HI/c1-3-17-9-8-10-18(13-17)26-21(29)15-25-23(24-4-2)27-19-14-22(30)28(16-19)20-11-6-5-7-12-20;/h1,5-13,19H,4,14-16H2,2H3,(H,26,29)(H2,24,25,27);1H. The predicted octanol–water partition coefficient (Wildman–Crippen LogP) is 2.59. The van der Waals surface area contributed by atoms with E-state index in [0.29, 0.717) is 36.7 Å². The van der Waals surface area contributed by atoms with Crippen molar-refractivity contribution in [2.45, 2.75) is 19.4 Å². The van der Waals surface area contributed by atoms with Gasteiger partial charge in [-0.25, -0.2) is 4.99 Å². The van der Waals surface area contributed by atoms with E-state index < -0.39 is 0 Å². The number of amides is 2. The second kappa shape index (κ2) is 12.0. The number of hydrogen-bond acceptors (Lipinski definition) is 3. The summed E-state index contributed by atoms with van der Waals surface area (Å²) in [5.41, 5.74) is 2.20. The Morgan fingerprint density at radius 2 is 2.00 bits per heavy atom. The molecule has 31 heavy (non-hydrogen) atoms. The highest BCUT2D eigenvalue weighted by molar-refractivity contribution is 14.0. The molecule has 2 aromatic carbocycles. The maximum atomic E-state index is 12.4. The summed E-state index contributed by atoms with van der Waals surface area (Å²) >= 11 is 0. The average molecular weight is 531 g/mol. The molecule has 1 saturated heterocycles. The first-order chi connectivity index (χ1) is 14.6. The van der Waals surface area contributed by atoms with Crippen LogP contribution in [0.15, 0.2) is 59.6 Å². The molecule has 1 aliphatic rings. The second-order valence-corrected chi connectivity index (χ2v) is 6.85. The second-order valence-electron chi connectivity index (χ2n) is 6.85. The van der Waals surface area contributed by atoms with E-state index in [2.05, 4.69) is 26.9 Å². The zero-order chi connectivity index (χ0) is 21.3. The predicted molar refractivity (Wildman–Crippen MR) is 135 cm³/mol. The minimum absolute atomic E-state index is 0. The van der Waals surface area contributed by atoms with Crippen molar-refractivity contribution in [1.82, 2.24) is 10.6 Å². The number of carbonyl (C=O) groups is 2. The molecule has 1 atom stereocenters. The molecule has 0 radical (unpaired) electrons. The minimum atomic E-state index is -0.255. The van der Waals surface area contributed by atoms with E-state index >= 15 is 0 Å². The van der Waals surface area contributed by atoms with Gasteiger partial charge in [0.15, 0.2) is 5.96 Å². The number of guanidine groups is 1. The quantitative estimate of drug-likeness (QED) is 0.232. The molecule has 1 aliphatic heterocycles. The number of rotatable bonds is 6. The number of carbonyl (C=O) groups excluding carboxylic acids is 2. The van der Waals surface area contributed by atoms with Gasteiger partial charge in [-0.2, -0.15) is 0 Å². The van der Waals surface area contributed by atoms with Crippen LogP contribution in [-0.2, 0) is 9.59 Å². The lowest BCUT2D eigenvalue weighted by Gasteiger charge is -2.19. The molecule has 0 bridgehead atoms. The van der Waals surface area contributed by atoms with Crippen LogP contribution in [0.3, 0.4) is 0 Å². The average Bonchev–Trinajstić information content (AvgIpc) is 3.13. The Morgan fingerprint density at radius 3 is 2.71 bits per heavy atom. The number of hydrogen-bond donors (Lipinski definition) is 3. The molecule has 0 saturated carbocycles. The molecule has 0 aliphatic carbocycles. The van der Waals surface area contributed by atoms with Gasteiger partial charge in [0, 0.05) is 36.4 Å². The maximum absolute atomic E-state index is 12.4. The highest BCUT2D eigenvalue weighted by atomic mass is 127. The van der Waals surface area contributed by atoms with Gasteiger partial charge in [0.1, 0.15) is 6.54 Å². The fraction of sp³-hybridized carbons (Fsp3) is 0.261. The third kappa shape index (κ3) is 7.00. The number of benzene rings is 2. The van der Waals surface area contributed by atoms with E-state index in [1.165, 1.54) is 0 Å². The Balaban J connectivity index is 0.00000341. The summed E-state index contributed by atoms with van der Waals surface area (Å²) in [5, 5.41) is 9.16. The largest absolute Gasteiger partial charge is 0.357 e. The van der Waals surface area contributed by atoms with Crippen molar-refractivity contribution in [1.29, 1.82) is 0 Å². The first kappa shape index (κ1) is 24.2. The lowest BCUT2D eigenvalue weighted by Crippen LogP contribution is -2.45. The van der Waals surface area contributed by atoms with Crippen LogP contribution >= 0.6 is 24.0 Å². The molecule has 7 nitrogen and oxygen atoms in total. The van der Waals surface area contributed by atoms with E-state index in [9.17, 15) is 9.59 Å². The minimum Gasteiger partial charge on any atom is -0.357 e. The topological polar surface area (TPSA) is 85.8 Å². The molecule has 1 heterocycles. The van der Waals surface area contributed by atoms with Gasteiger partial charge >= 0.3 is 0 Å². The SMILES string of the molecule is C#Cc1cccc(NC(=O)CN=C(NCC)NC2CC(=O)N(c3ccccc3)C2)c1.I. The number of halogens is 1. The number of nitrogens with zero attached hydrogens (tertiary/aromatic N) is 2. The fourth-order valence-electron chi connectivity index (χ4n) is 3.21. The smallest absolute Gasteiger partial charge is 0.246 e. The number of aliphatic imine (C=N–C) groups is 1. The normalized spacial score (nSPS) is 15.6. The lowest BCUT2D eigenvalue weighted by molar-refractivity contribution is -0.117. The highest BCUT2D eigenvalue weighted by Gasteiger charge is 2.31. The van der Waals surface area contributed by atoms with Gasteiger partial charge in [-0.1, -0.05) is 30.2 Å². The van der Waals surface area contributed by atoms with Crippen molar-refractivity contribution in [2.75, 3.05) is 29.9 Å². The van der Waals surface area contributed by atoms with Gasteiger partial charge in [0.2, 0.25) is 11.8 Å². The Morgan fingerprint density at radius 1 is 1.23 bits per heavy atom. The van der Waals surface area contributed by atoms with E-state index in [1.807, 2.05) is 37.3 Å². The van der Waals surface area contributed by atoms with Gasteiger partial charge in [0.25, 0.3) is 0 Å². The van der Waals surface area contributed by atoms with Gasteiger partial charge in [-0.05, 0) is 37.3 Å². The Labute approximate surface area is 199 Å². The monoisotopic (exact) mass is 531 g/mol. The molecule has 2 amide bonds. The van der Waals surface area contributed by atoms with Crippen LogP contribution in [0.5, 0.6) is 0 Å². The van der Waals surface area contributed by atoms with Crippen LogP contribution in [0.25, 0.3) is 0 Å². The molecular formula is C23H26IN5O2. The maximum Gasteiger partial charge on any atom is 0.246 e. The van der Waals surface area contributed by atoms with E-state index in [-0.39, 0.29) is 48.4 Å². The Hall–Kier alpha value is -3.06.